The van der Waals surface area contributed by atoms with E-state index in [-0.39, 0.29) is 5.82 Å². The van der Waals surface area contributed by atoms with Gasteiger partial charge in [0.25, 0.3) is 0 Å². The van der Waals surface area contributed by atoms with Crippen molar-refractivity contribution in [3.8, 4) is 0 Å². The molecule has 2 rings (SSSR count). The minimum absolute atomic E-state index is 0.226. The highest BCUT2D eigenvalue weighted by Gasteiger charge is 2.12. The SMILES string of the molecule is Cc1ccccc1C(O)CN(C)Cc1ccc(F)cc1. The molecule has 0 radical (unpaired) electrons. The fourth-order valence-electron chi connectivity index (χ4n) is 2.32. The first kappa shape index (κ1) is 14.7. The van der Waals surface area contributed by atoms with Crippen molar-refractivity contribution in [3.05, 3.63) is 71.0 Å². The number of hydrogen-bond donors (Lipinski definition) is 1. The first-order valence-electron chi connectivity index (χ1n) is 6.73. The summed E-state index contributed by atoms with van der Waals surface area (Å²) in [5, 5.41) is 10.3. The van der Waals surface area contributed by atoms with Crippen LogP contribution in [0.3, 0.4) is 0 Å². The molecule has 0 heterocycles. The van der Waals surface area contributed by atoms with Crippen molar-refractivity contribution in [1.82, 2.24) is 4.90 Å². The maximum absolute atomic E-state index is 12.8. The predicted octanol–water partition coefficient (Wildman–Crippen LogP) is 3.30. The Hall–Kier alpha value is -1.71. The summed E-state index contributed by atoms with van der Waals surface area (Å²) in [5.74, 6) is -0.226. The molecule has 0 aliphatic carbocycles. The van der Waals surface area contributed by atoms with Gasteiger partial charge in [0.15, 0.2) is 0 Å². The van der Waals surface area contributed by atoms with Crippen molar-refractivity contribution >= 4 is 0 Å². The van der Waals surface area contributed by atoms with Crippen LogP contribution < -0.4 is 0 Å². The molecule has 2 aromatic carbocycles. The molecule has 1 unspecified atom stereocenters. The van der Waals surface area contributed by atoms with Crippen molar-refractivity contribution in [2.75, 3.05) is 13.6 Å². The second-order valence-corrected chi connectivity index (χ2v) is 5.20. The number of hydrogen-bond acceptors (Lipinski definition) is 2. The number of halogens is 1. The molecule has 1 atom stereocenters. The molecular weight excluding hydrogens is 253 g/mol. The van der Waals surface area contributed by atoms with E-state index in [1.807, 2.05) is 43.1 Å². The van der Waals surface area contributed by atoms with Gasteiger partial charge in [-0.05, 0) is 42.8 Å². The van der Waals surface area contributed by atoms with E-state index in [0.717, 1.165) is 16.7 Å². The molecule has 0 aromatic heterocycles. The second kappa shape index (κ2) is 6.64. The summed E-state index contributed by atoms with van der Waals surface area (Å²) in [6.45, 7) is 3.23. The standard InChI is InChI=1S/C17H20FNO/c1-13-5-3-4-6-16(13)17(20)12-19(2)11-14-7-9-15(18)10-8-14/h3-10,17,20H,11-12H2,1-2H3. The molecule has 0 aliphatic rings. The van der Waals surface area contributed by atoms with E-state index in [1.165, 1.54) is 12.1 Å². The molecule has 106 valence electrons. The van der Waals surface area contributed by atoms with Gasteiger partial charge >= 0.3 is 0 Å². The Labute approximate surface area is 119 Å². The van der Waals surface area contributed by atoms with Crippen LogP contribution in [0.15, 0.2) is 48.5 Å². The molecule has 0 amide bonds. The zero-order valence-electron chi connectivity index (χ0n) is 11.9. The highest BCUT2D eigenvalue weighted by Crippen LogP contribution is 2.18. The Bertz CT molecular complexity index is 553. The van der Waals surface area contributed by atoms with E-state index in [4.69, 9.17) is 0 Å². The van der Waals surface area contributed by atoms with Crippen molar-refractivity contribution in [1.29, 1.82) is 0 Å². The molecule has 0 saturated heterocycles. The van der Waals surface area contributed by atoms with Crippen LogP contribution in [0.2, 0.25) is 0 Å². The summed E-state index contributed by atoms with van der Waals surface area (Å²) in [6.07, 6.45) is -0.512. The lowest BCUT2D eigenvalue weighted by Crippen LogP contribution is -2.24. The van der Waals surface area contributed by atoms with E-state index in [2.05, 4.69) is 0 Å². The third-order valence-electron chi connectivity index (χ3n) is 3.40. The van der Waals surface area contributed by atoms with Gasteiger partial charge in [0.1, 0.15) is 5.82 Å². The van der Waals surface area contributed by atoms with Gasteiger partial charge in [-0.1, -0.05) is 36.4 Å². The number of likely N-dealkylation sites (N-methyl/N-ethyl adjacent to an activating group) is 1. The van der Waals surface area contributed by atoms with Gasteiger partial charge in [-0.25, -0.2) is 4.39 Å². The molecule has 0 aliphatic heterocycles. The maximum atomic E-state index is 12.8. The zero-order chi connectivity index (χ0) is 14.5. The zero-order valence-corrected chi connectivity index (χ0v) is 11.9. The van der Waals surface area contributed by atoms with Crippen molar-refractivity contribution in [2.24, 2.45) is 0 Å². The monoisotopic (exact) mass is 273 g/mol. The van der Waals surface area contributed by atoms with E-state index in [0.29, 0.717) is 13.1 Å². The summed E-state index contributed by atoms with van der Waals surface area (Å²) in [5.41, 5.74) is 3.08. The molecule has 3 heteroatoms. The summed E-state index contributed by atoms with van der Waals surface area (Å²) in [4.78, 5) is 2.03. The normalized spacial score (nSPS) is 12.7. The topological polar surface area (TPSA) is 23.5 Å². The number of aryl methyl sites for hydroxylation is 1. The Morgan fingerprint density at radius 3 is 2.40 bits per heavy atom. The number of rotatable bonds is 5. The molecule has 2 nitrogen and oxygen atoms in total. The maximum Gasteiger partial charge on any atom is 0.123 e. The molecule has 2 aromatic rings. The van der Waals surface area contributed by atoms with Crippen molar-refractivity contribution in [3.63, 3.8) is 0 Å². The third kappa shape index (κ3) is 3.89. The van der Waals surface area contributed by atoms with Crippen molar-refractivity contribution < 1.29 is 9.50 Å². The Morgan fingerprint density at radius 2 is 1.75 bits per heavy atom. The highest BCUT2D eigenvalue weighted by molar-refractivity contribution is 5.27. The van der Waals surface area contributed by atoms with Gasteiger partial charge in [-0.15, -0.1) is 0 Å². The Kier molecular flexibility index (Phi) is 4.88. The number of nitrogens with zero attached hydrogens (tertiary/aromatic N) is 1. The van der Waals surface area contributed by atoms with Crippen LogP contribution in [0, 0.1) is 12.7 Å². The van der Waals surface area contributed by atoms with Gasteiger partial charge in [-0.2, -0.15) is 0 Å². The molecule has 0 fully saturated rings. The average molecular weight is 273 g/mol. The first-order chi connectivity index (χ1) is 9.56. The lowest BCUT2D eigenvalue weighted by molar-refractivity contribution is 0.123. The summed E-state index contributed by atoms with van der Waals surface area (Å²) in [6, 6.07) is 14.3. The quantitative estimate of drug-likeness (QED) is 0.903. The smallest absolute Gasteiger partial charge is 0.123 e. The van der Waals surface area contributed by atoms with Gasteiger partial charge in [0, 0.05) is 13.1 Å². The molecule has 20 heavy (non-hydrogen) atoms. The van der Waals surface area contributed by atoms with Gasteiger partial charge in [0.2, 0.25) is 0 Å². The number of aliphatic hydroxyl groups is 1. The molecule has 1 N–H and O–H groups in total. The minimum Gasteiger partial charge on any atom is -0.387 e. The van der Waals surface area contributed by atoms with Gasteiger partial charge < -0.3 is 5.11 Å². The number of aliphatic hydroxyl groups excluding tert-OH is 1. The van der Waals surface area contributed by atoms with Crippen LogP contribution >= 0.6 is 0 Å². The Morgan fingerprint density at radius 1 is 1.10 bits per heavy atom. The van der Waals surface area contributed by atoms with Crippen LogP contribution in [0.25, 0.3) is 0 Å². The van der Waals surface area contributed by atoms with Gasteiger partial charge in [-0.3, -0.25) is 4.90 Å². The third-order valence-corrected chi connectivity index (χ3v) is 3.40. The Balaban J connectivity index is 1.96. The van der Waals surface area contributed by atoms with Crippen LogP contribution in [0.1, 0.15) is 22.8 Å². The van der Waals surface area contributed by atoms with Crippen LogP contribution in [0.4, 0.5) is 4.39 Å². The minimum atomic E-state index is -0.512. The van der Waals surface area contributed by atoms with E-state index < -0.39 is 6.10 Å². The summed E-state index contributed by atoms with van der Waals surface area (Å²) >= 11 is 0. The fourth-order valence-corrected chi connectivity index (χ4v) is 2.32. The van der Waals surface area contributed by atoms with E-state index in [1.54, 1.807) is 12.1 Å². The van der Waals surface area contributed by atoms with Gasteiger partial charge in [0.05, 0.1) is 6.10 Å². The average Bonchev–Trinajstić information content (AvgIpc) is 2.41. The molecule has 0 saturated carbocycles. The first-order valence-corrected chi connectivity index (χ1v) is 6.73. The van der Waals surface area contributed by atoms with Crippen LogP contribution in [-0.2, 0) is 6.54 Å². The van der Waals surface area contributed by atoms with Crippen LogP contribution in [-0.4, -0.2) is 23.6 Å². The largest absolute Gasteiger partial charge is 0.387 e. The lowest BCUT2D eigenvalue weighted by Gasteiger charge is -2.22. The molecule has 0 bridgehead atoms. The summed E-state index contributed by atoms with van der Waals surface area (Å²) < 4.78 is 12.8. The fraction of sp³-hybridized carbons (Fsp3) is 0.294. The summed E-state index contributed by atoms with van der Waals surface area (Å²) in [7, 11) is 1.95. The second-order valence-electron chi connectivity index (χ2n) is 5.20. The van der Waals surface area contributed by atoms with E-state index in [9.17, 15) is 9.50 Å². The van der Waals surface area contributed by atoms with Crippen molar-refractivity contribution in [2.45, 2.75) is 19.6 Å². The number of benzene rings is 2. The lowest BCUT2D eigenvalue weighted by atomic mass is 10.0. The van der Waals surface area contributed by atoms with Crippen LogP contribution in [0.5, 0.6) is 0 Å². The highest BCUT2D eigenvalue weighted by atomic mass is 19.1. The van der Waals surface area contributed by atoms with E-state index >= 15 is 0 Å². The molecule has 0 spiro atoms. The predicted molar refractivity (Wildman–Crippen MR) is 78.9 cm³/mol. The molecular formula is C17H20FNO.